The van der Waals surface area contributed by atoms with Crippen LogP contribution < -0.4 is 10.2 Å². The number of halogens is 2. The van der Waals surface area contributed by atoms with E-state index >= 15 is 0 Å². The highest BCUT2D eigenvalue weighted by Crippen LogP contribution is 2.30. The molecule has 40 heavy (non-hydrogen) atoms. The molecule has 1 N–H and O–H groups in total. The Balaban J connectivity index is 1.09. The number of likely N-dealkylation sites (tertiary alicyclic amines) is 1. The van der Waals surface area contributed by atoms with E-state index in [2.05, 4.69) is 36.9 Å². The molecule has 1 aromatic carbocycles. The first-order chi connectivity index (χ1) is 19.3. The van der Waals surface area contributed by atoms with Gasteiger partial charge in [0.05, 0.1) is 0 Å². The molecule has 2 aromatic heterocycles. The highest BCUT2D eigenvalue weighted by molar-refractivity contribution is 5.94. The second-order valence-electron chi connectivity index (χ2n) is 10.8. The summed E-state index contributed by atoms with van der Waals surface area (Å²) in [5, 5.41) is 3.19. The van der Waals surface area contributed by atoms with Crippen LogP contribution in [0.15, 0.2) is 67.1 Å². The largest absolute Gasteiger partial charge is 0.371 e. The van der Waals surface area contributed by atoms with Gasteiger partial charge in [-0.25, -0.2) is 13.8 Å². The summed E-state index contributed by atoms with van der Waals surface area (Å²) in [4.78, 5) is 26.0. The van der Waals surface area contributed by atoms with Crippen molar-refractivity contribution in [1.82, 2.24) is 20.2 Å². The molecular formula is C32H35F2N5O. The first kappa shape index (κ1) is 27.7. The summed E-state index contributed by atoms with van der Waals surface area (Å²) < 4.78 is 27.0. The zero-order valence-electron chi connectivity index (χ0n) is 22.8. The summed E-state index contributed by atoms with van der Waals surface area (Å²) in [6.07, 6.45) is 8.90. The second kappa shape index (κ2) is 12.6. The highest BCUT2D eigenvalue weighted by atomic mass is 19.3. The smallest absolute Gasteiger partial charge is 0.270 e. The molecule has 0 atom stereocenters. The number of hydrogen-bond acceptors (Lipinski definition) is 5. The van der Waals surface area contributed by atoms with E-state index < -0.39 is 5.92 Å². The van der Waals surface area contributed by atoms with Gasteiger partial charge in [0.1, 0.15) is 5.69 Å². The van der Waals surface area contributed by atoms with Crippen LogP contribution >= 0.6 is 0 Å². The predicted molar refractivity (Wildman–Crippen MR) is 152 cm³/mol. The summed E-state index contributed by atoms with van der Waals surface area (Å²) in [6, 6.07) is 14.3. The van der Waals surface area contributed by atoms with Crippen molar-refractivity contribution >= 4 is 11.6 Å². The number of aromatic nitrogens is 2. The fraction of sp³-hybridized carbons (Fsp3) is 0.406. The molecule has 0 bridgehead atoms. The Bertz CT molecular complexity index is 1330. The minimum atomic E-state index is -2.83. The van der Waals surface area contributed by atoms with Crippen molar-refractivity contribution in [3.8, 4) is 11.8 Å². The van der Waals surface area contributed by atoms with Crippen LogP contribution in [0.5, 0.6) is 0 Å². The van der Waals surface area contributed by atoms with Crippen LogP contribution in [0.2, 0.25) is 0 Å². The number of piperidine rings is 2. The molecule has 5 rings (SSSR count). The standard InChI is InChI=1S/C32H35F2N5O/c1-32(33,34)27-3-6-30(7-4-27)39-20-11-24(12-21-39)2-5-29-22-26(10-17-36-29)31(40)37-28-13-18-38(19-14-28)23-25-8-15-35-16-9-25/h3-4,6-10,15-17,22,24,28H,11-14,18-21,23H2,1H3,(H,37,40). The molecule has 0 aliphatic carbocycles. The monoisotopic (exact) mass is 543 g/mol. The minimum absolute atomic E-state index is 0.0303. The van der Waals surface area contributed by atoms with Crippen molar-refractivity contribution in [2.45, 2.75) is 51.1 Å². The Morgan fingerprint density at radius 3 is 2.35 bits per heavy atom. The number of amides is 1. The van der Waals surface area contributed by atoms with E-state index in [0.717, 1.165) is 71.0 Å². The van der Waals surface area contributed by atoms with Crippen molar-refractivity contribution in [3.63, 3.8) is 0 Å². The van der Waals surface area contributed by atoms with Gasteiger partial charge in [0, 0.05) is 87.0 Å². The Kier molecular flexibility index (Phi) is 8.71. The first-order valence-electron chi connectivity index (χ1n) is 14.0. The number of carbonyl (C=O) groups is 1. The quantitative estimate of drug-likeness (QED) is 0.431. The number of carbonyl (C=O) groups excluding carboxylic acids is 1. The summed E-state index contributed by atoms with van der Waals surface area (Å²) in [6.45, 7) is 5.34. The summed E-state index contributed by atoms with van der Waals surface area (Å²) >= 11 is 0. The molecular weight excluding hydrogens is 508 g/mol. The molecule has 0 spiro atoms. The van der Waals surface area contributed by atoms with Crippen LogP contribution in [-0.2, 0) is 12.5 Å². The van der Waals surface area contributed by atoms with Gasteiger partial charge in [-0.3, -0.25) is 14.7 Å². The number of nitrogens with one attached hydrogen (secondary N) is 1. The minimum Gasteiger partial charge on any atom is -0.371 e. The topological polar surface area (TPSA) is 61.4 Å². The van der Waals surface area contributed by atoms with Gasteiger partial charge in [-0.1, -0.05) is 18.1 Å². The number of alkyl halides is 2. The Hall–Kier alpha value is -3.83. The average Bonchev–Trinajstić information content (AvgIpc) is 2.98. The SMILES string of the molecule is CC(F)(F)c1ccc(N2CCC(C#Cc3cc(C(=O)NC4CCN(Cc5ccncc5)CC4)ccn3)CC2)cc1. The van der Waals surface area contributed by atoms with Gasteiger partial charge >= 0.3 is 0 Å². The van der Waals surface area contributed by atoms with Gasteiger partial charge in [0.15, 0.2) is 0 Å². The van der Waals surface area contributed by atoms with Crippen LogP contribution in [0, 0.1) is 17.8 Å². The molecule has 2 saturated heterocycles. The van der Waals surface area contributed by atoms with Crippen LogP contribution in [-0.4, -0.2) is 53.0 Å². The third-order valence-electron chi connectivity index (χ3n) is 7.74. The summed E-state index contributed by atoms with van der Waals surface area (Å²) in [5.74, 6) is 3.81. The summed E-state index contributed by atoms with van der Waals surface area (Å²) in [5.41, 5.74) is 3.42. The molecule has 2 fully saturated rings. The zero-order chi connectivity index (χ0) is 28.0. The zero-order valence-corrected chi connectivity index (χ0v) is 22.8. The third kappa shape index (κ3) is 7.42. The number of benzene rings is 1. The van der Waals surface area contributed by atoms with Crippen molar-refractivity contribution in [3.05, 3.63) is 89.5 Å². The molecule has 1 amide bonds. The molecule has 3 aromatic rings. The van der Waals surface area contributed by atoms with Crippen LogP contribution in [0.1, 0.15) is 59.8 Å². The van der Waals surface area contributed by atoms with E-state index in [0.29, 0.717) is 11.3 Å². The van der Waals surface area contributed by atoms with Gasteiger partial charge in [-0.2, -0.15) is 0 Å². The van der Waals surface area contributed by atoms with E-state index in [4.69, 9.17) is 0 Å². The Morgan fingerprint density at radius 1 is 0.975 bits per heavy atom. The molecule has 8 heteroatoms. The number of nitrogens with zero attached hydrogens (tertiary/aromatic N) is 4. The molecule has 2 aliphatic rings. The van der Waals surface area contributed by atoms with Crippen LogP contribution in [0.3, 0.4) is 0 Å². The molecule has 208 valence electrons. The predicted octanol–water partition coefficient (Wildman–Crippen LogP) is 5.25. The van der Waals surface area contributed by atoms with Crippen molar-refractivity contribution in [2.24, 2.45) is 5.92 Å². The van der Waals surface area contributed by atoms with E-state index in [-0.39, 0.29) is 23.4 Å². The highest BCUT2D eigenvalue weighted by Gasteiger charge is 2.25. The van der Waals surface area contributed by atoms with E-state index in [1.54, 1.807) is 30.5 Å². The van der Waals surface area contributed by atoms with Crippen molar-refractivity contribution in [2.75, 3.05) is 31.1 Å². The van der Waals surface area contributed by atoms with Crippen molar-refractivity contribution < 1.29 is 13.6 Å². The number of pyridine rings is 2. The normalized spacial score (nSPS) is 17.2. The molecule has 0 unspecified atom stereocenters. The summed E-state index contributed by atoms with van der Waals surface area (Å²) in [7, 11) is 0. The molecule has 0 saturated carbocycles. The fourth-order valence-corrected chi connectivity index (χ4v) is 5.31. The molecule has 0 radical (unpaired) electrons. The average molecular weight is 544 g/mol. The lowest BCUT2D eigenvalue weighted by atomic mass is 9.96. The lowest BCUT2D eigenvalue weighted by Crippen LogP contribution is -2.44. The lowest BCUT2D eigenvalue weighted by molar-refractivity contribution is 0.0175. The van der Waals surface area contributed by atoms with Crippen molar-refractivity contribution in [1.29, 1.82) is 0 Å². The Morgan fingerprint density at radius 2 is 1.68 bits per heavy atom. The maximum absolute atomic E-state index is 13.5. The maximum atomic E-state index is 13.5. The fourth-order valence-electron chi connectivity index (χ4n) is 5.31. The Labute approximate surface area is 234 Å². The molecule has 2 aliphatic heterocycles. The van der Waals surface area contributed by atoms with Crippen LogP contribution in [0.4, 0.5) is 14.5 Å². The van der Waals surface area contributed by atoms with E-state index in [1.807, 2.05) is 24.5 Å². The number of rotatable bonds is 6. The molecule has 6 nitrogen and oxygen atoms in total. The van der Waals surface area contributed by atoms with Gasteiger partial charge in [-0.15, -0.1) is 0 Å². The van der Waals surface area contributed by atoms with E-state index in [1.165, 1.54) is 17.7 Å². The second-order valence-corrected chi connectivity index (χ2v) is 10.8. The van der Waals surface area contributed by atoms with Crippen LogP contribution in [0.25, 0.3) is 0 Å². The number of anilines is 1. The lowest BCUT2D eigenvalue weighted by Gasteiger charge is -2.32. The van der Waals surface area contributed by atoms with Gasteiger partial charge < -0.3 is 10.2 Å². The first-order valence-corrected chi connectivity index (χ1v) is 14.0. The van der Waals surface area contributed by atoms with Gasteiger partial charge in [-0.05, 0) is 73.6 Å². The maximum Gasteiger partial charge on any atom is 0.270 e. The molecule has 4 heterocycles. The van der Waals surface area contributed by atoms with Gasteiger partial charge in [0.2, 0.25) is 0 Å². The third-order valence-corrected chi connectivity index (χ3v) is 7.74. The number of hydrogen-bond donors (Lipinski definition) is 1. The van der Waals surface area contributed by atoms with Gasteiger partial charge in [0.25, 0.3) is 11.8 Å². The van der Waals surface area contributed by atoms with E-state index in [9.17, 15) is 13.6 Å².